The fourth-order valence-electron chi connectivity index (χ4n) is 7.70. The second-order valence-electron chi connectivity index (χ2n) is 13.6. The van der Waals surface area contributed by atoms with E-state index < -0.39 is 0 Å². The van der Waals surface area contributed by atoms with Gasteiger partial charge in [-0.3, -0.25) is 0 Å². The number of hydrogen-bond donors (Lipinski definition) is 0. The second-order valence-corrected chi connectivity index (χ2v) is 13.6. The molecule has 5 heteroatoms. The molecule has 5 nitrogen and oxygen atoms in total. The van der Waals surface area contributed by atoms with Gasteiger partial charge in [-0.05, 0) is 81.6 Å². The Bertz CT molecular complexity index is 3210. The van der Waals surface area contributed by atoms with Crippen LogP contribution in [0.1, 0.15) is 0 Å². The van der Waals surface area contributed by atoms with Crippen molar-refractivity contribution >= 4 is 54.6 Å². The van der Waals surface area contributed by atoms with Crippen LogP contribution in [0.25, 0.3) is 111 Å². The summed E-state index contributed by atoms with van der Waals surface area (Å²) < 4.78 is 12.6. The van der Waals surface area contributed by atoms with Crippen LogP contribution in [0.15, 0.2) is 185 Å². The van der Waals surface area contributed by atoms with Crippen LogP contribution in [0.3, 0.4) is 0 Å². The topological polar surface area (TPSA) is 65.0 Å². The Morgan fingerprint density at radius 1 is 0.315 bits per heavy atom. The highest BCUT2D eigenvalue weighted by molar-refractivity contribution is 6.15. The molecule has 0 spiro atoms. The molecular formula is C49H29N3O2. The lowest BCUT2D eigenvalue weighted by Gasteiger charge is -2.14. The van der Waals surface area contributed by atoms with Crippen molar-refractivity contribution in [1.29, 1.82) is 0 Å². The van der Waals surface area contributed by atoms with E-state index in [2.05, 4.69) is 121 Å². The molecule has 0 N–H and O–H groups in total. The van der Waals surface area contributed by atoms with Gasteiger partial charge in [0.05, 0.1) is 0 Å². The fourth-order valence-corrected chi connectivity index (χ4v) is 7.70. The first kappa shape index (κ1) is 30.3. The highest BCUT2D eigenvalue weighted by Gasteiger charge is 2.22. The molecule has 0 radical (unpaired) electrons. The van der Waals surface area contributed by atoms with Crippen molar-refractivity contribution in [3.63, 3.8) is 0 Å². The van der Waals surface area contributed by atoms with Gasteiger partial charge in [-0.2, -0.15) is 0 Å². The highest BCUT2D eigenvalue weighted by Crippen LogP contribution is 2.43. The molecule has 0 aliphatic rings. The third-order valence-electron chi connectivity index (χ3n) is 10.3. The van der Waals surface area contributed by atoms with E-state index in [1.54, 1.807) is 0 Å². The van der Waals surface area contributed by atoms with Crippen LogP contribution in [-0.4, -0.2) is 15.0 Å². The Morgan fingerprint density at radius 3 is 1.67 bits per heavy atom. The minimum absolute atomic E-state index is 0.569. The zero-order valence-electron chi connectivity index (χ0n) is 28.9. The molecule has 0 bridgehead atoms. The summed E-state index contributed by atoms with van der Waals surface area (Å²) in [5.41, 5.74) is 10.3. The van der Waals surface area contributed by atoms with Gasteiger partial charge < -0.3 is 8.83 Å². The number of rotatable bonds is 5. The van der Waals surface area contributed by atoms with Gasteiger partial charge in [-0.15, -0.1) is 0 Å². The van der Waals surface area contributed by atoms with E-state index in [1.807, 2.05) is 54.6 Å². The molecule has 3 aromatic heterocycles. The van der Waals surface area contributed by atoms with Crippen LogP contribution >= 0.6 is 0 Å². The van der Waals surface area contributed by atoms with Crippen molar-refractivity contribution in [2.75, 3.05) is 0 Å². The zero-order valence-corrected chi connectivity index (χ0v) is 28.9. The zero-order chi connectivity index (χ0) is 35.6. The molecule has 54 heavy (non-hydrogen) atoms. The number of furan rings is 2. The molecule has 11 rings (SSSR count). The van der Waals surface area contributed by atoms with Gasteiger partial charge in [0.15, 0.2) is 17.5 Å². The van der Waals surface area contributed by atoms with Crippen molar-refractivity contribution in [3.05, 3.63) is 176 Å². The number of aromatic nitrogens is 3. The number of fused-ring (bicyclic) bond motifs is 7. The molecule has 0 aliphatic carbocycles. The minimum atomic E-state index is 0.569. The summed E-state index contributed by atoms with van der Waals surface area (Å²) in [5.74, 6) is 1.73. The first-order valence-electron chi connectivity index (χ1n) is 18.0. The predicted octanol–water partition coefficient (Wildman–Crippen LogP) is 13.2. The quantitative estimate of drug-likeness (QED) is 0.180. The summed E-state index contributed by atoms with van der Waals surface area (Å²) in [7, 11) is 0. The minimum Gasteiger partial charge on any atom is -0.456 e. The summed E-state index contributed by atoms with van der Waals surface area (Å²) in [6.07, 6.45) is 0. The lowest BCUT2D eigenvalue weighted by atomic mass is 9.93. The van der Waals surface area contributed by atoms with Gasteiger partial charge in [0.1, 0.15) is 22.3 Å². The van der Waals surface area contributed by atoms with Crippen LogP contribution in [0.4, 0.5) is 0 Å². The molecular weight excluding hydrogens is 663 g/mol. The van der Waals surface area contributed by atoms with Gasteiger partial charge in [0, 0.05) is 38.2 Å². The average molecular weight is 692 g/mol. The van der Waals surface area contributed by atoms with Gasteiger partial charge in [0.2, 0.25) is 0 Å². The Labute approximate surface area is 309 Å². The van der Waals surface area contributed by atoms with Gasteiger partial charge in [0.25, 0.3) is 0 Å². The molecule has 11 aromatic rings. The Morgan fingerprint density at radius 2 is 0.852 bits per heavy atom. The molecule has 0 amide bonds. The standard InChI is InChI=1S/C49H29N3O2/c1-2-10-30(11-3-1)32-18-21-33(22-19-32)37-25-27-44-45(39-15-7-9-17-42(39)54-44)46(37)49-51-47(35-23-20-31-12-4-5-13-34(31)28-35)50-48(52-49)36-24-26-43-40(29-36)38-14-6-8-16-41(38)53-43/h1-29H. The molecule has 3 heterocycles. The third-order valence-corrected chi connectivity index (χ3v) is 10.3. The fraction of sp³-hybridized carbons (Fsp3) is 0. The van der Waals surface area contributed by atoms with Crippen LogP contribution in [0.5, 0.6) is 0 Å². The first-order chi connectivity index (χ1) is 26.7. The van der Waals surface area contributed by atoms with E-state index in [9.17, 15) is 0 Å². The smallest absolute Gasteiger partial charge is 0.165 e. The van der Waals surface area contributed by atoms with Crippen molar-refractivity contribution in [2.24, 2.45) is 0 Å². The molecule has 0 unspecified atom stereocenters. The van der Waals surface area contributed by atoms with Crippen molar-refractivity contribution in [3.8, 4) is 56.4 Å². The van der Waals surface area contributed by atoms with E-state index in [-0.39, 0.29) is 0 Å². The summed E-state index contributed by atoms with van der Waals surface area (Å²) in [5, 5.41) is 6.31. The molecule has 0 fully saturated rings. The van der Waals surface area contributed by atoms with Crippen LogP contribution < -0.4 is 0 Å². The largest absolute Gasteiger partial charge is 0.456 e. The summed E-state index contributed by atoms with van der Waals surface area (Å²) >= 11 is 0. The number of para-hydroxylation sites is 2. The molecule has 0 aliphatic heterocycles. The first-order valence-corrected chi connectivity index (χ1v) is 18.0. The SMILES string of the molecule is c1ccc(-c2ccc(-c3ccc4oc5ccccc5c4c3-c3nc(-c4ccc5ccccc5c4)nc(-c4ccc5oc6ccccc6c5c4)n3)cc2)cc1. The lowest BCUT2D eigenvalue weighted by Crippen LogP contribution is -2.01. The Kier molecular flexibility index (Phi) is 6.79. The van der Waals surface area contributed by atoms with Crippen LogP contribution in [0.2, 0.25) is 0 Å². The highest BCUT2D eigenvalue weighted by atomic mass is 16.3. The van der Waals surface area contributed by atoms with E-state index in [0.29, 0.717) is 17.5 Å². The molecule has 0 saturated carbocycles. The van der Waals surface area contributed by atoms with Crippen LogP contribution in [-0.2, 0) is 0 Å². The maximum absolute atomic E-state index is 6.46. The predicted molar refractivity (Wildman–Crippen MR) is 219 cm³/mol. The molecule has 0 atom stereocenters. The summed E-state index contributed by atoms with van der Waals surface area (Å²) in [4.78, 5) is 15.8. The number of benzene rings is 8. The Hall–Kier alpha value is -7.37. The average Bonchev–Trinajstić information content (AvgIpc) is 3.81. The maximum atomic E-state index is 6.46. The van der Waals surface area contributed by atoms with Crippen LogP contribution in [0, 0.1) is 0 Å². The summed E-state index contributed by atoms with van der Waals surface area (Å²) in [6, 6.07) is 60.5. The Balaban J connectivity index is 1.19. The van der Waals surface area contributed by atoms with Gasteiger partial charge >= 0.3 is 0 Å². The van der Waals surface area contributed by atoms with Crippen molar-refractivity contribution in [1.82, 2.24) is 15.0 Å². The second kappa shape index (κ2) is 12.1. The van der Waals surface area contributed by atoms with E-state index in [1.165, 1.54) is 5.56 Å². The lowest BCUT2D eigenvalue weighted by molar-refractivity contribution is 0.668. The van der Waals surface area contributed by atoms with E-state index >= 15 is 0 Å². The third kappa shape index (κ3) is 4.98. The molecule has 0 saturated heterocycles. The van der Waals surface area contributed by atoms with Gasteiger partial charge in [-0.25, -0.2) is 15.0 Å². The molecule has 8 aromatic carbocycles. The molecule has 252 valence electrons. The van der Waals surface area contributed by atoms with E-state index in [4.69, 9.17) is 23.8 Å². The maximum Gasteiger partial charge on any atom is 0.165 e. The normalized spacial score (nSPS) is 11.7. The van der Waals surface area contributed by atoms with Crippen molar-refractivity contribution < 1.29 is 8.83 Å². The van der Waals surface area contributed by atoms with E-state index in [0.717, 1.165) is 88.0 Å². The van der Waals surface area contributed by atoms with Gasteiger partial charge in [-0.1, -0.05) is 127 Å². The summed E-state index contributed by atoms with van der Waals surface area (Å²) in [6.45, 7) is 0. The van der Waals surface area contributed by atoms with Crippen molar-refractivity contribution in [2.45, 2.75) is 0 Å². The number of nitrogens with zero attached hydrogens (tertiary/aromatic N) is 3. The monoisotopic (exact) mass is 691 g/mol. The number of hydrogen-bond acceptors (Lipinski definition) is 5.